The van der Waals surface area contributed by atoms with E-state index in [1.165, 1.54) is 82.6 Å². The minimum Gasteiger partial charge on any atom is -0.345 e. The molecule has 0 fully saturated rings. The molecule has 0 bridgehead atoms. The monoisotopic (exact) mass is 376 g/mol. The van der Waals surface area contributed by atoms with E-state index in [1.54, 1.807) is 0 Å². The lowest BCUT2D eigenvalue weighted by atomic mass is 10.0. The van der Waals surface area contributed by atoms with Gasteiger partial charge in [-0.15, -0.1) is 0 Å². The number of nitrogens with zero attached hydrogens (tertiary/aromatic N) is 1. The molecular formula is C25H46NO+. The van der Waals surface area contributed by atoms with E-state index in [4.69, 9.17) is 0 Å². The van der Waals surface area contributed by atoms with Crippen molar-refractivity contribution in [1.29, 1.82) is 0 Å². The zero-order valence-electron chi connectivity index (χ0n) is 18.5. The molecule has 0 amide bonds. The lowest BCUT2D eigenvalue weighted by Crippen LogP contribution is -2.49. The first kappa shape index (κ1) is 24.2. The van der Waals surface area contributed by atoms with Crippen LogP contribution < -0.4 is 0 Å². The second kappa shape index (κ2) is 15.1. The van der Waals surface area contributed by atoms with Gasteiger partial charge in [0, 0.05) is 6.42 Å². The predicted octanol–water partition coefficient (Wildman–Crippen LogP) is 6.72. The Balaban J connectivity index is 1.99. The number of hydrogen-bond acceptors (Lipinski definition) is 1. The van der Waals surface area contributed by atoms with Gasteiger partial charge in [0.15, 0.2) is 6.23 Å². The van der Waals surface area contributed by atoms with Crippen molar-refractivity contribution in [1.82, 2.24) is 0 Å². The molecule has 1 atom stereocenters. The van der Waals surface area contributed by atoms with Crippen molar-refractivity contribution in [3.8, 4) is 0 Å². The van der Waals surface area contributed by atoms with Crippen molar-refractivity contribution in [2.75, 3.05) is 20.6 Å². The first-order valence-electron chi connectivity index (χ1n) is 11.6. The summed E-state index contributed by atoms with van der Waals surface area (Å²) in [6.45, 7) is 3.36. The van der Waals surface area contributed by atoms with Gasteiger partial charge in [0.2, 0.25) is 0 Å². The molecule has 156 valence electrons. The van der Waals surface area contributed by atoms with Crippen LogP contribution in [0.2, 0.25) is 0 Å². The Morgan fingerprint density at radius 1 is 0.741 bits per heavy atom. The molecule has 2 nitrogen and oxygen atoms in total. The number of hydrogen-bond donors (Lipinski definition) is 1. The van der Waals surface area contributed by atoms with E-state index in [-0.39, 0.29) is 6.23 Å². The number of quaternary nitrogens is 1. The minimum absolute atomic E-state index is 0.266. The van der Waals surface area contributed by atoms with Gasteiger partial charge in [-0.25, -0.2) is 0 Å². The van der Waals surface area contributed by atoms with E-state index in [0.717, 1.165) is 23.9 Å². The van der Waals surface area contributed by atoms with Crippen LogP contribution in [0.5, 0.6) is 0 Å². The van der Waals surface area contributed by atoms with Crippen LogP contribution in [0.25, 0.3) is 0 Å². The summed E-state index contributed by atoms with van der Waals surface area (Å²) >= 11 is 0. The topological polar surface area (TPSA) is 20.2 Å². The van der Waals surface area contributed by atoms with Crippen molar-refractivity contribution in [2.24, 2.45) is 0 Å². The van der Waals surface area contributed by atoms with E-state index in [1.807, 2.05) is 6.07 Å². The number of aryl methyl sites for hydroxylation is 1. The Morgan fingerprint density at radius 3 is 1.74 bits per heavy atom. The van der Waals surface area contributed by atoms with Crippen LogP contribution in [0.1, 0.15) is 96.0 Å². The Morgan fingerprint density at radius 2 is 1.22 bits per heavy atom. The molecule has 0 aromatic heterocycles. The molecule has 2 heteroatoms. The summed E-state index contributed by atoms with van der Waals surface area (Å²) in [5.74, 6) is 0. The van der Waals surface area contributed by atoms with Gasteiger partial charge >= 0.3 is 0 Å². The standard InChI is InChI=1S/C25H46NO/c1-4-5-6-7-8-9-10-11-12-13-14-18-23-26(2,3)25(27)22-21-24-19-16-15-17-20-24/h15-17,19-20,25,27H,4-14,18,21-23H2,1-3H3/q+1/t25-/m1/s1. The molecule has 1 N–H and O–H groups in total. The molecule has 0 unspecified atom stereocenters. The maximum atomic E-state index is 10.6. The van der Waals surface area contributed by atoms with E-state index < -0.39 is 0 Å². The van der Waals surface area contributed by atoms with Gasteiger partial charge in [0.1, 0.15) is 0 Å². The molecule has 27 heavy (non-hydrogen) atoms. The van der Waals surface area contributed by atoms with Crippen molar-refractivity contribution in [3.63, 3.8) is 0 Å². The van der Waals surface area contributed by atoms with Crippen molar-refractivity contribution in [3.05, 3.63) is 35.9 Å². The second-order valence-corrected chi connectivity index (χ2v) is 8.90. The number of unbranched alkanes of at least 4 members (excludes halogenated alkanes) is 11. The van der Waals surface area contributed by atoms with Gasteiger partial charge in [-0.3, -0.25) is 0 Å². The molecule has 0 heterocycles. The Hall–Kier alpha value is -0.860. The average Bonchev–Trinajstić information content (AvgIpc) is 2.67. The Labute approximate surface area is 169 Å². The smallest absolute Gasteiger partial charge is 0.190 e. The van der Waals surface area contributed by atoms with Crippen molar-refractivity contribution >= 4 is 0 Å². The average molecular weight is 377 g/mol. The zero-order chi connectivity index (χ0) is 19.8. The summed E-state index contributed by atoms with van der Waals surface area (Å²) in [5.41, 5.74) is 1.32. The summed E-state index contributed by atoms with van der Waals surface area (Å²) < 4.78 is 0.727. The Kier molecular flexibility index (Phi) is 13.5. The zero-order valence-corrected chi connectivity index (χ0v) is 18.5. The minimum atomic E-state index is -0.266. The second-order valence-electron chi connectivity index (χ2n) is 8.90. The molecule has 0 saturated carbocycles. The number of benzene rings is 1. The van der Waals surface area contributed by atoms with E-state index >= 15 is 0 Å². The molecule has 1 rings (SSSR count). The third-order valence-electron chi connectivity index (χ3n) is 5.93. The van der Waals surface area contributed by atoms with Crippen LogP contribution in [0.4, 0.5) is 0 Å². The van der Waals surface area contributed by atoms with Crippen LogP contribution in [-0.4, -0.2) is 36.5 Å². The van der Waals surface area contributed by atoms with Crippen LogP contribution in [0.3, 0.4) is 0 Å². The van der Waals surface area contributed by atoms with Crippen LogP contribution in [0.15, 0.2) is 30.3 Å². The molecule has 0 aliphatic carbocycles. The lowest BCUT2D eigenvalue weighted by molar-refractivity contribution is -0.937. The molecule has 1 aromatic rings. The highest BCUT2D eigenvalue weighted by molar-refractivity contribution is 5.14. The van der Waals surface area contributed by atoms with Crippen LogP contribution in [0, 0.1) is 0 Å². The quantitative estimate of drug-likeness (QED) is 0.182. The normalized spacial score (nSPS) is 13.0. The number of aliphatic hydroxyl groups excluding tert-OH is 1. The highest BCUT2D eigenvalue weighted by Crippen LogP contribution is 2.16. The summed E-state index contributed by atoms with van der Waals surface area (Å²) in [5, 5.41) is 10.6. The van der Waals surface area contributed by atoms with Gasteiger partial charge in [-0.1, -0.05) is 101 Å². The first-order chi connectivity index (χ1) is 13.1. The predicted molar refractivity (Wildman–Crippen MR) is 119 cm³/mol. The number of rotatable bonds is 17. The van der Waals surface area contributed by atoms with Gasteiger partial charge in [-0.2, -0.15) is 0 Å². The summed E-state index contributed by atoms with van der Waals surface area (Å²) in [6.07, 6.45) is 18.1. The molecule has 0 radical (unpaired) electrons. The summed E-state index contributed by atoms with van der Waals surface area (Å²) in [7, 11) is 4.35. The summed E-state index contributed by atoms with van der Waals surface area (Å²) in [6, 6.07) is 10.5. The maximum absolute atomic E-state index is 10.6. The highest BCUT2D eigenvalue weighted by atomic mass is 16.3. The molecule has 0 saturated heterocycles. The van der Waals surface area contributed by atoms with Crippen LogP contribution >= 0.6 is 0 Å². The highest BCUT2D eigenvalue weighted by Gasteiger charge is 2.24. The SMILES string of the molecule is CCCCCCCCCCCCCC[N+](C)(C)[C@H](O)CCc1ccccc1. The van der Waals surface area contributed by atoms with Gasteiger partial charge in [0.25, 0.3) is 0 Å². The third-order valence-corrected chi connectivity index (χ3v) is 5.93. The van der Waals surface area contributed by atoms with Gasteiger partial charge in [-0.05, 0) is 24.8 Å². The fourth-order valence-electron chi connectivity index (χ4n) is 3.80. The fraction of sp³-hybridized carbons (Fsp3) is 0.760. The molecule has 0 aliphatic rings. The maximum Gasteiger partial charge on any atom is 0.190 e. The fourth-order valence-corrected chi connectivity index (χ4v) is 3.80. The largest absolute Gasteiger partial charge is 0.345 e. The van der Waals surface area contributed by atoms with Gasteiger partial charge < -0.3 is 9.59 Å². The third kappa shape index (κ3) is 12.3. The van der Waals surface area contributed by atoms with E-state index in [0.29, 0.717) is 0 Å². The Bertz CT molecular complexity index is 443. The first-order valence-corrected chi connectivity index (χ1v) is 11.6. The molecule has 0 aliphatic heterocycles. The van der Waals surface area contributed by atoms with Crippen molar-refractivity contribution in [2.45, 2.75) is 103 Å². The molecular weight excluding hydrogens is 330 g/mol. The van der Waals surface area contributed by atoms with Crippen molar-refractivity contribution < 1.29 is 9.59 Å². The van der Waals surface area contributed by atoms with Gasteiger partial charge in [0.05, 0.1) is 20.6 Å². The van der Waals surface area contributed by atoms with Crippen LogP contribution in [-0.2, 0) is 6.42 Å². The summed E-state index contributed by atoms with van der Waals surface area (Å²) in [4.78, 5) is 0. The number of aliphatic hydroxyl groups is 1. The molecule has 0 spiro atoms. The molecule has 1 aromatic carbocycles. The van der Waals surface area contributed by atoms with E-state index in [9.17, 15) is 5.11 Å². The van der Waals surface area contributed by atoms with E-state index in [2.05, 4.69) is 45.3 Å². The lowest BCUT2D eigenvalue weighted by Gasteiger charge is -2.35.